The Labute approximate surface area is 258 Å². The molecule has 14 heteroatoms. The third kappa shape index (κ3) is 11.6. The van der Waals surface area contributed by atoms with Crippen LogP contribution in [0.1, 0.15) is 70.6 Å². The highest BCUT2D eigenvalue weighted by molar-refractivity contribution is 7.84. The van der Waals surface area contributed by atoms with E-state index in [0.717, 1.165) is 25.9 Å². The Morgan fingerprint density at radius 3 is 2.00 bits per heavy atom. The standard InChI is InChI=1S/C29H38N6O4.CH4O3S/c1-28(2,3)24-17-25(34-39-24)33-27(37)32-20-9-7-19(8-10-20)31-26(36)23-12-11-22(18-30-23)38-21-13-15-35(16-14-21)29(4,5)6;1-5(2,3)4/h7-12,17-18,21H,13-16H2,1-6H3,(H,31,36)(H2,32,33,34,37);1H3,(H,2,3,4). The van der Waals surface area contributed by atoms with Gasteiger partial charge in [0.1, 0.15) is 23.3 Å². The molecule has 1 aromatic carbocycles. The van der Waals surface area contributed by atoms with Gasteiger partial charge in [0.15, 0.2) is 5.82 Å². The Balaban J connectivity index is 0.000000978. The number of hydrogen-bond acceptors (Lipinski definition) is 9. The molecule has 3 heterocycles. The van der Waals surface area contributed by atoms with E-state index in [4.69, 9.17) is 22.2 Å². The van der Waals surface area contributed by atoms with E-state index in [2.05, 4.69) is 46.9 Å². The zero-order valence-electron chi connectivity index (χ0n) is 26.2. The van der Waals surface area contributed by atoms with Gasteiger partial charge >= 0.3 is 6.03 Å². The van der Waals surface area contributed by atoms with Gasteiger partial charge in [-0.15, -0.1) is 0 Å². The second-order valence-corrected chi connectivity index (χ2v) is 14.1. The molecule has 0 radical (unpaired) electrons. The van der Waals surface area contributed by atoms with Gasteiger partial charge in [0.05, 0.1) is 34.9 Å². The molecule has 1 saturated heterocycles. The second-order valence-electron chi connectivity index (χ2n) is 12.7. The summed E-state index contributed by atoms with van der Waals surface area (Å²) in [6.45, 7) is 15.0. The topological polar surface area (TPSA) is 180 Å². The number of nitrogens with zero attached hydrogens (tertiary/aromatic N) is 2. The summed E-state index contributed by atoms with van der Waals surface area (Å²) in [5.74, 6) is 1.34. The van der Waals surface area contributed by atoms with Crippen molar-refractivity contribution in [2.45, 2.75) is 71.4 Å². The zero-order chi connectivity index (χ0) is 32.7. The number of anilines is 3. The third-order valence-corrected chi connectivity index (χ3v) is 6.76. The Hall–Kier alpha value is -4.01. The van der Waals surface area contributed by atoms with Crippen LogP contribution in [0.15, 0.2) is 53.2 Å². The number of hydrogen-bond donors (Lipinski definition) is 4. The van der Waals surface area contributed by atoms with Gasteiger partial charge in [-0.2, -0.15) is 0 Å². The maximum atomic E-state index is 12.7. The average Bonchev–Trinajstić information content (AvgIpc) is 3.38. The third-order valence-electron chi connectivity index (χ3n) is 6.76. The molecule has 0 atom stereocenters. The molecule has 44 heavy (non-hydrogen) atoms. The molecular formula is C30H42N6O7S. The lowest BCUT2D eigenvalue weighted by Gasteiger charge is -2.37. The van der Waals surface area contributed by atoms with Crippen LogP contribution in [0, 0.1) is 0 Å². The normalized spacial score (nSPS) is 17.1. The van der Waals surface area contributed by atoms with Gasteiger partial charge in [0.2, 0.25) is 0 Å². The first kappa shape index (κ1) is 34.5. The minimum atomic E-state index is -3.92. The number of likely N-dealkylation sites (tertiary alicyclic amines) is 1. The highest BCUT2D eigenvalue weighted by Crippen LogP contribution is 2.24. The molecular weight excluding hydrogens is 588 g/mol. The summed E-state index contributed by atoms with van der Waals surface area (Å²) in [6, 6.07) is 11.5. The van der Waals surface area contributed by atoms with Crippen LogP contribution in [-0.4, -0.2) is 66.0 Å². The maximum absolute atomic E-state index is 12.7. The van der Waals surface area contributed by atoms with Crippen molar-refractivity contribution in [2.75, 3.05) is 35.3 Å². The first-order valence-corrected chi connectivity index (χ1v) is 16.0. The SMILES string of the molecule is CC(C)(C)c1cc(NC(=O)Nc2ccc(NC(=O)c3ccc(OC4CC[NH+](C(C)(C)C)CC4)cn3)cc2)no1.CS(=O)(=O)[O-]. The maximum Gasteiger partial charge on any atom is 0.324 e. The van der Waals surface area contributed by atoms with E-state index >= 15 is 0 Å². The lowest BCUT2D eigenvalue weighted by molar-refractivity contribution is -0.951. The van der Waals surface area contributed by atoms with E-state index in [1.165, 1.54) is 0 Å². The lowest BCUT2D eigenvalue weighted by Crippen LogP contribution is -3.20. The molecule has 1 fully saturated rings. The summed E-state index contributed by atoms with van der Waals surface area (Å²) in [5, 5.41) is 12.1. The summed E-state index contributed by atoms with van der Waals surface area (Å²) < 4.78 is 38.6. The van der Waals surface area contributed by atoms with Crippen molar-refractivity contribution in [1.82, 2.24) is 10.1 Å². The number of urea groups is 1. The highest BCUT2D eigenvalue weighted by atomic mass is 32.2. The first-order chi connectivity index (χ1) is 20.4. The molecule has 0 saturated carbocycles. The van der Waals surface area contributed by atoms with Crippen LogP contribution in [-0.2, 0) is 15.5 Å². The van der Waals surface area contributed by atoms with E-state index in [1.54, 1.807) is 53.6 Å². The number of pyridine rings is 1. The fourth-order valence-corrected chi connectivity index (χ4v) is 4.38. The van der Waals surface area contributed by atoms with Crippen molar-refractivity contribution in [3.05, 3.63) is 60.1 Å². The molecule has 4 N–H and O–H groups in total. The van der Waals surface area contributed by atoms with Crippen molar-refractivity contribution in [1.29, 1.82) is 0 Å². The smallest absolute Gasteiger partial charge is 0.324 e. The largest absolute Gasteiger partial charge is 0.748 e. The van der Waals surface area contributed by atoms with E-state index in [0.29, 0.717) is 35.0 Å². The fraction of sp³-hybridized carbons (Fsp3) is 0.467. The van der Waals surface area contributed by atoms with Crippen molar-refractivity contribution >= 4 is 39.2 Å². The van der Waals surface area contributed by atoms with Crippen LogP contribution in [0.4, 0.5) is 22.0 Å². The van der Waals surface area contributed by atoms with Gasteiger partial charge in [-0.1, -0.05) is 25.9 Å². The summed E-state index contributed by atoms with van der Waals surface area (Å²) >= 11 is 0. The minimum absolute atomic E-state index is 0.170. The van der Waals surface area contributed by atoms with E-state index in [-0.39, 0.29) is 28.7 Å². The summed E-state index contributed by atoms with van der Waals surface area (Å²) in [6.07, 6.45) is 4.37. The Bertz CT molecular complexity index is 1490. The van der Waals surface area contributed by atoms with Gasteiger partial charge in [-0.25, -0.2) is 18.2 Å². The molecule has 1 aliphatic rings. The molecule has 0 aliphatic carbocycles. The van der Waals surface area contributed by atoms with E-state index in [1.807, 2.05) is 20.8 Å². The molecule has 2 aromatic heterocycles. The monoisotopic (exact) mass is 630 g/mol. The minimum Gasteiger partial charge on any atom is -0.748 e. The van der Waals surface area contributed by atoms with Crippen LogP contribution in [0.3, 0.4) is 0 Å². The van der Waals surface area contributed by atoms with Crippen LogP contribution >= 0.6 is 0 Å². The number of benzene rings is 1. The molecule has 240 valence electrons. The van der Waals surface area contributed by atoms with Crippen molar-refractivity contribution in [3.63, 3.8) is 0 Å². The summed E-state index contributed by atoms with van der Waals surface area (Å²) in [5.41, 5.74) is 1.47. The van der Waals surface area contributed by atoms with E-state index in [9.17, 15) is 9.59 Å². The predicted octanol–water partition coefficient (Wildman–Crippen LogP) is 3.65. The molecule has 13 nitrogen and oxygen atoms in total. The van der Waals surface area contributed by atoms with Crippen LogP contribution in [0.2, 0.25) is 0 Å². The molecule has 0 unspecified atom stereocenters. The highest BCUT2D eigenvalue weighted by Gasteiger charge is 2.31. The van der Waals surface area contributed by atoms with Crippen molar-refractivity contribution < 1.29 is 36.7 Å². The van der Waals surface area contributed by atoms with Gasteiger partial charge in [-0.05, 0) is 57.2 Å². The fourth-order valence-electron chi connectivity index (χ4n) is 4.38. The number of amides is 3. The Morgan fingerprint density at radius 2 is 1.52 bits per heavy atom. The molecule has 3 amide bonds. The molecule has 0 bridgehead atoms. The lowest BCUT2D eigenvalue weighted by atomic mass is 9.93. The number of aromatic nitrogens is 2. The van der Waals surface area contributed by atoms with Gasteiger partial charge in [-0.3, -0.25) is 10.1 Å². The summed E-state index contributed by atoms with van der Waals surface area (Å²) in [4.78, 5) is 30.9. The van der Waals surface area contributed by atoms with Crippen LogP contribution in [0.25, 0.3) is 0 Å². The first-order valence-electron chi connectivity index (χ1n) is 14.2. The zero-order valence-corrected chi connectivity index (χ0v) is 27.0. The number of ether oxygens (including phenoxy) is 1. The average molecular weight is 631 g/mol. The predicted molar refractivity (Wildman–Crippen MR) is 166 cm³/mol. The van der Waals surface area contributed by atoms with E-state index < -0.39 is 16.1 Å². The summed E-state index contributed by atoms with van der Waals surface area (Å²) in [7, 11) is -3.92. The van der Waals surface area contributed by atoms with Gasteiger partial charge < -0.3 is 29.3 Å². The molecule has 1 aliphatic heterocycles. The van der Waals surface area contributed by atoms with Crippen LogP contribution in [0.5, 0.6) is 5.75 Å². The van der Waals surface area contributed by atoms with Crippen molar-refractivity contribution in [2.24, 2.45) is 0 Å². The van der Waals surface area contributed by atoms with Gasteiger partial charge in [0, 0.05) is 42.0 Å². The number of nitrogens with one attached hydrogen (secondary N) is 4. The molecule has 4 rings (SSSR count). The molecule has 0 spiro atoms. The molecule has 3 aromatic rings. The van der Waals surface area contributed by atoms with Crippen molar-refractivity contribution in [3.8, 4) is 5.75 Å². The number of piperidine rings is 1. The number of carbonyl (C=O) groups excluding carboxylic acids is 2. The number of quaternary nitrogens is 1. The Kier molecular flexibility index (Phi) is 11.1. The number of carbonyl (C=O) groups is 2. The number of rotatable bonds is 6. The van der Waals surface area contributed by atoms with Crippen LogP contribution < -0.4 is 25.6 Å². The Morgan fingerprint density at radius 1 is 0.955 bits per heavy atom. The second kappa shape index (κ2) is 14.2. The quantitative estimate of drug-likeness (QED) is 0.296. The van der Waals surface area contributed by atoms with Gasteiger partial charge in [0.25, 0.3) is 5.91 Å².